The van der Waals surface area contributed by atoms with Crippen molar-refractivity contribution in [3.8, 4) is 0 Å². The molecule has 1 amide bonds. The summed E-state index contributed by atoms with van der Waals surface area (Å²) in [4.78, 5) is 21.1. The second kappa shape index (κ2) is 7.76. The predicted octanol–water partition coefficient (Wildman–Crippen LogP) is 1.36. The third-order valence-electron chi connectivity index (χ3n) is 4.73. The van der Waals surface area contributed by atoms with E-state index in [0.29, 0.717) is 31.3 Å². The van der Waals surface area contributed by atoms with Crippen LogP contribution in [0.4, 0.5) is 0 Å². The summed E-state index contributed by atoms with van der Waals surface area (Å²) < 4.78 is 5.00. The molecule has 1 fully saturated rings. The first-order valence-corrected chi connectivity index (χ1v) is 8.65. The fraction of sp³-hybridized carbons (Fsp3) is 0.500. The highest BCUT2D eigenvalue weighted by Crippen LogP contribution is 2.21. The van der Waals surface area contributed by atoms with Gasteiger partial charge in [-0.3, -0.25) is 9.69 Å². The van der Waals surface area contributed by atoms with Gasteiger partial charge in [-0.2, -0.15) is 4.98 Å². The summed E-state index contributed by atoms with van der Waals surface area (Å²) in [6.07, 6.45) is 0. The van der Waals surface area contributed by atoms with Gasteiger partial charge in [0.2, 0.25) is 11.8 Å². The van der Waals surface area contributed by atoms with E-state index in [1.54, 1.807) is 6.92 Å². The average molecular weight is 343 g/mol. The molecule has 3 rings (SSSR count). The lowest BCUT2D eigenvalue weighted by atomic mass is 9.94. The summed E-state index contributed by atoms with van der Waals surface area (Å²) in [7, 11) is 0. The third-order valence-corrected chi connectivity index (χ3v) is 4.73. The molecule has 1 aliphatic rings. The third kappa shape index (κ3) is 4.24. The van der Waals surface area contributed by atoms with Crippen LogP contribution in [0, 0.1) is 12.8 Å². The van der Waals surface area contributed by atoms with Crippen LogP contribution in [0.5, 0.6) is 0 Å². The number of hydrogen-bond acceptors (Lipinski definition) is 6. The van der Waals surface area contributed by atoms with Crippen LogP contribution in [0.2, 0.25) is 0 Å². The maximum Gasteiger partial charge on any atom is 0.227 e. The van der Waals surface area contributed by atoms with E-state index >= 15 is 0 Å². The minimum absolute atomic E-state index is 0.117. The fourth-order valence-electron chi connectivity index (χ4n) is 3.14. The maximum absolute atomic E-state index is 12.8. The molecule has 25 heavy (non-hydrogen) atoms. The van der Waals surface area contributed by atoms with Crippen molar-refractivity contribution in [3.63, 3.8) is 0 Å². The van der Waals surface area contributed by atoms with Crippen molar-refractivity contribution in [1.29, 1.82) is 0 Å². The van der Waals surface area contributed by atoms with Gasteiger partial charge >= 0.3 is 0 Å². The summed E-state index contributed by atoms with van der Waals surface area (Å²) >= 11 is 0. The highest BCUT2D eigenvalue weighted by atomic mass is 16.5. The second-order valence-electron chi connectivity index (χ2n) is 6.56. The number of rotatable bonds is 5. The Bertz CT molecular complexity index is 695. The van der Waals surface area contributed by atoms with Gasteiger partial charge in [-0.25, -0.2) is 0 Å². The van der Waals surface area contributed by atoms with E-state index in [-0.39, 0.29) is 17.9 Å². The number of piperazine rings is 1. The molecule has 2 heterocycles. The molecule has 0 spiro atoms. The molecule has 7 heteroatoms. The number of carbonyl (C=O) groups is 1. The molecule has 0 radical (unpaired) electrons. The molecule has 1 aliphatic heterocycles. The van der Waals surface area contributed by atoms with Crippen molar-refractivity contribution in [2.75, 3.05) is 26.2 Å². The molecule has 1 aromatic heterocycles. The molecule has 0 bridgehead atoms. The monoisotopic (exact) mass is 343 g/mol. The van der Waals surface area contributed by atoms with Crippen molar-refractivity contribution >= 4 is 5.91 Å². The largest absolute Gasteiger partial charge is 0.340 e. The van der Waals surface area contributed by atoms with Crippen LogP contribution in [0.25, 0.3) is 0 Å². The Labute approximate surface area is 147 Å². The lowest BCUT2D eigenvalue weighted by Crippen LogP contribution is -2.50. The molecular weight excluding hydrogens is 318 g/mol. The summed E-state index contributed by atoms with van der Waals surface area (Å²) in [5.74, 6) is 1.14. The zero-order chi connectivity index (χ0) is 17.8. The van der Waals surface area contributed by atoms with E-state index in [4.69, 9.17) is 10.3 Å². The SMILES string of the molecule is Cc1nc(CN2CCN(C(=O)C(C)C(N)c3ccccc3)CC2)no1. The molecule has 2 aromatic rings. The Kier molecular flexibility index (Phi) is 5.45. The van der Waals surface area contributed by atoms with Gasteiger partial charge in [-0.05, 0) is 5.56 Å². The number of hydrogen-bond donors (Lipinski definition) is 1. The first-order chi connectivity index (χ1) is 12.0. The highest BCUT2D eigenvalue weighted by molar-refractivity contribution is 5.79. The van der Waals surface area contributed by atoms with E-state index in [1.165, 1.54) is 0 Å². The Morgan fingerprint density at radius 1 is 1.24 bits per heavy atom. The number of nitrogens with two attached hydrogens (primary N) is 1. The van der Waals surface area contributed by atoms with Gasteiger partial charge in [0, 0.05) is 39.1 Å². The number of nitrogens with zero attached hydrogens (tertiary/aromatic N) is 4. The van der Waals surface area contributed by atoms with E-state index in [1.807, 2.05) is 42.2 Å². The van der Waals surface area contributed by atoms with Crippen molar-refractivity contribution in [2.24, 2.45) is 11.7 Å². The first kappa shape index (κ1) is 17.6. The molecule has 134 valence electrons. The molecular formula is C18H25N5O2. The summed E-state index contributed by atoms with van der Waals surface area (Å²) in [6, 6.07) is 9.51. The van der Waals surface area contributed by atoms with Crippen LogP contribution in [0.1, 0.15) is 30.2 Å². The molecule has 1 saturated heterocycles. The quantitative estimate of drug-likeness (QED) is 0.882. The molecule has 1 aromatic carbocycles. The predicted molar refractivity (Wildman–Crippen MR) is 93.4 cm³/mol. The van der Waals surface area contributed by atoms with Gasteiger partial charge in [0.1, 0.15) is 0 Å². The summed E-state index contributed by atoms with van der Waals surface area (Å²) in [6.45, 7) is 7.33. The van der Waals surface area contributed by atoms with Crippen LogP contribution in [0.15, 0.2) is 34.9 Å². The minimum Gasteiger partial charge on any atom is -0.340 e. The van der Waals surface area contributed by atoms with Crippen LogP contribution in [-0.4, -0.2) is 52.0 Å². The van der Waals surface area contributed by atoms with Gasteiger partial charge in [0.25, 0.3) is 0 Å². The normalized spacial score (nSPS) is 18.1. The highest BCUT2D eigenvalue weighted by Gasteiger charge is 2.29. The van der Waals surface area contributed by atoms with E-state index < -0.39 is 0 Å². The average Bonchev–Trinajstić information content (AvgIpc) is 3.06. The molecule has 2 atom stereocenters. The minimum atomic E-state index is -0.283. The van der Waals surface area contributed by atoms with Gasteiger partial charge in [0.05, 0.1) is 12.5 Å². The van der Waals surface area contributed by atoms with Crippen LogP contribution in [0.3, 0.4) is 0 Å². The first-order valence-electron chi connectivity index (χ1n) is 8.65. The van der Waals surface area contributed by atoms with Crippen molar-refractivity contribution in [2.45, 2.75) is 26.4 Å². The summed E-state index contributed by atoms with van der Waals surface area (Å²) in [5.41, 5.74) is 7.29. The Morgan fingerprint density at radius 2 is 1.92 bits per heavy atom. The molecule has 2 N–H and O–H groups in total. The van der Waals surface area contributed by atoms with E-state index in [2.05, 4.69) is 15.0 Å². The lowest BCUT2D eigenvalue weighted by molar-refractivity contribution is -0.137. The van der Waals surface area contributed by atoms with Crippen LogP contribution in [-0.2, 0) is 11.3 Å². The molecule has 0 saturated carbocycles. The second-order valence-corrected chi connectivity index (χ2v) is 6.56. The maximum atomic E-state index is 12.8. The van der Waals surface area contributed by atoms with E-state index in [9.17, 15) is 4.79 Å². The number of aromatic nitrogens is 2. The van der Waals surface area contributed by atoms with Crippen LogP contribution >= 0.6 is 0 Å². The summed E-state index contributed by atoms with van der Waals surface area (Å²) in [5, 5.41) is 3.92. The number of carbonyl (C=O) groups excluding carboxylic acids is 1. The number of benzene rings is 1. The Balaban J connectivity index is 1.52. The number of amides is 1. The Morgan fingerprint density at radius 3 is 2.52 bits per heavy atom. The van der Waals surface area contributed by atoms with E-state index in [0.717, 1.165) is 18.7 Å². The van der Waals surface area contributed by atoms with Gasteiger partial charge < -0.3 is 15.2 Å². The topological polar surface area (TPSA) is 88.5 Å². The Hall–Kier alpha value is -2.25. The van der Waals surface area contributed by atoms with Crippen molar-refractivity contribution in [3.05, 3.63) is 47.6 Å². The molecule has 0 aliphatic carbocycles. The smallest absolute Gasteiger partial charge is 0.227 e. The van der Waals surface area contributed by atoms with Gasteiger partial charge in [-0.1, -0.05) is 42.4 Å². The zero-order valence-electron chi connectivity index (χ0n) is 14.8. The van der Waals surface area contributed by atoms with Gasteiger partial charge in [-0.15, -0.1) is 0 Å². The molecule has 7 nitrogen and oxygen atoms in total. The lowest BCUT2D eigenvalue weighted by Gasteiger charge is -2.36. The molecule has 2 unspecified atom stereocenters. The van der Waals surface area contributed by atoms with Crippen molar-refractivity contribution in [1.82, 2.24) is 19.9 Å². The van der Waals surface area contributed by atoms with Gasteiger partial charge in [0.15, 0.2) is 5.82 Å². The zero-order valence-corrected chi connectivity index (χ0v) is 14.8. The van der Waals surface area contributed by atoms with Crippen LogP contribution < -0.4 is 5.73 Å². The number of aryl methyl sites for hydroxylation is 1. The standard InChI is InChI=1S/C18H25N5O2/c1-13(17(19)15-6-4-3-5-7-15)18(24)23-10-8-22(9-11-23)12-16-20-14(2)25-21-16/h3-7,13,17H,8-12,19H2,1-2H3. The van der Waals surface area contributed by atoms with Crippen molar-refractivity contribution < 1.29 is 9.32 Å². The fourth-order valence-corrected chi connectivity index (χ4v) is 3.14.